The van der Waals surface area contributed by atoms with Crippen molar-refractivity contribution < 1.29 is 10.1 Å². The van der Waals surface area contributed by atoms with Crippen LogP contribution in [-0.2, 0) is 10.5 Å². The monoisotopic (exact) mass is 318 g/mol. The molecule has 1 atom stereocenters. The van der Waals surface area contributed by atoms with Gasteiger partial charge in [-0.2, -0.15) is 0 Å². The lowest BCUT2D eigenvalue weighted by Crippen LogP contribution is -2.27. The summed E-state index contributed by atoms with van der Waals surface area (Å²) in [4.78, 5) is 5.00. The van der Waals surface area contributed by atoms with Gasteiger partial charge in [-0.3, -0.25) is 5.26 Å². The van der Waals surface area contributed by atoms with Gasteiger partial charge in [-0.1, -0.05) is 91.0 Å². The standard InChI is InChI=1S/C22H22O2/c1-22(24-23,20-15-9-4-10-16-20)17-21(18-11-5-2-6-12-18)19-13-7-3-8-14-19/h2-16,21,23H,17H2,1H3. The van der Waals surface area contributed by atoms with Gasteiger partial charge < -0.3 is 0 Å². The van der Waals surface area contributed by atoms with E-state index in [0.29, 0.717) is 6.42 Å². The molecule has 0 saturated heterocycles. The molecule has 122 valence electrons. The van der Waals surface area contributed by atoms with Gasteiger partial charge in [0.15, 0.2) is 0 Å². The molecule has 0 aromatic heterocycles. The van der Waals surface area contributed by atoms with Crippen LogP contribution in [0.5, 0.6) is 0 Å². The Balaban J connectivity index is 2.00. The highest BCUT2D eigenvalue weighted by atomic mass is 17.1. The van der Waals surface area contributed by atoms with Crippen molar-refractivity contribution in [3.8, 4) is 0 Å². The highest BCUT2D eigenvalue weighted by Crippen LogP contribution is 2.39. The summed E-state index contributed by atoms with van der Waals surface area (Å²) in [5, 5.41) is 9.68. The van der Waals surface area contributed by atoms with E-state index in [1.807, 2.05) is 73.7 Å². The van der Waals surface area contributed by atoms with Crippen LogP contribution >= 0.6 is 0 Å². The smallest absolute Gasteiger partial charge is 0.126 e. The zero-order valence-corrected chi connectivity index (χ0v) is 13.8. The largest absolute Gasteiger partial charge is 0.251 e. The third-order valence-electron chi connectivity index (χ3n) is 4.58. The first-order valence-electron chi connectivity index (χ1n) is 8.21. The minimum Gasteiger partial charge on any atom is -0.251 e. The zero-order valence-electron chi connectivity index (χ0n) is 13.8. The van der Waals surface area contributed by atoms with Crippen molar-refractivity contribution in [1.82, 2.24) is 0 Å². The molecule has 3 aromatic rings. The third kappa shape index (κ3) is 3.56. The molecule has 0 aliphatic carbocycles. The molecule has 0 fully saturated rings. The first-order chi connectivity index (χ1) is 11.7. The molecule has 2 heteroatoms. The molecule has 0 radical (unpaired) electrons. The lowest BCUT2D eigenvalue weighted by Gasteiger charge is -2.31. The molecular formula is C22H22O2. The maximum absolute atomic E-state index is 9.68. The van der Waals surface area contributed by atoms with E-state index in [4.69, 9.17) is 4.89 Å². The Morgan fingerprint density at radius 3 is 1.58 bits per heavy atom. The minimum absolute atomic E-state index is 0.129. The van der Waals surface area contributed by atoms with Crippen molar-refractivity contribution in [1.29, 1.82) is 0 Å². The summed E-state index contributed by atoms with van der Waals surface area (Å²) in [6.07, 6.45) is 0.640. The third-order valence-corrected chi connectivity index (χ3v) is 4.58. The maximum Gasteiger partial charge on any atom is 0.126 e. The van der Waals surface area contributed by atoms with E-state index in [1.54, 1.807) is 0 Å². The number of hydrogen-bond donors (Lipinski definition) is 1. The van der Waals surface area contributed by atoms with Gasteiger partial charge in [0.1, 0.15) is 5.60 Å². The predicted molar refractivity (Wildman–Crippen MR) is 96.9 cm³/mol. The lowest BCUT2D eigenvalue weighted by atomic mass is 9.79. The fraction of sp³-hybridized carbons (Fsp3) is 0.182. The van der Waals surface area contributed by atoms with Gasteiger partial charge in [0.05, 0.1) is 0 Å². The van der Waals surface area contributed by atoms with Crippen LogP contribution in [0.1, 0.15) is 36.0 Å². The van der Waals surface area contributed by atoms with E-state index in [2.05, 4.69) is 24.3 Å². The van der Waals surface area contributed by atoms with Crippen molar-refractivity contribution in [3.63, 3.8) is 0 Å². The normalized spacial score (nSPS) is 13.6. The molecule has 2 nitrogen and oxygen atoms in total. The first kappa shape index (κ1) is 16.4. The topological polar surface area (TPSA) is 29.5 Å². The van der Waals surface area contributed by atoms with Crippen LogP contribution in [0.2, 0.25) is 0 Å². The van der Waals surface area contributed by atoms with Crippen molar-refractivity contribution >= 4 is 0 Å². The Hall–Kier alpha value is -2.42. The van der Waals surface area contributed by atoms with Gasteiger partial charge in [-0.05, 0) is 30.0 Å². The highest BCUT2D eigenvalue weighted by Gasteiger charge is 2.33. The van der Waals surface area contributed by atoms with Crippen molar-refractivity contribution in [3.05, 3.63) is 108 Å². The van der Waals surface area contributed by atoms with Crippen LogP contribution in [0.15, 0.2) is 91.0 Å². The number of benzene rings is 3. The Morgan fingerprint density at radius 2 is 1.17 bits per heavy atom. The summed E-state index contributed by atoms with van der Waals surface area (Å²) in [5.74, 6) is 0.129. The summed E-state index contributed by atoms with van der Waals surface area (Å²) in [5.41, 5.74) is 2.60. The van der Waals surface area contributed by atoms with E-state index < -0.39 is 5.60 Å². The molecular weight excluding hydrogens is 296 g/mol. The Labute approximate surface area is 143 Å². The summed E-state index contributed by atoms with van der Waals surface area (Å²) in [7, 11) is 0. The fourth-order valence-corrected chi connectivity index (χ4v) is 3.19. The SMILES string of the molecule is CC(CC(c1ccccc1)c1ccccc1)(OO)c1ccccc1. The molecule has 0 heterocycles. The van der Waals surface area contributed by atoms with Gasteiger partial charge in [-0.15, -0.1) is 0 Å². The number of hydrogen-bond acceptors (Lipinski definition) is 2. The molecule has 24 heavy (non-hydrogen) atoms. The van der Waals surface area contributed by atoms with E-state index in [-0.39, 0.29) is 5.92 Å². The Morgan fingerprint density at radius 1 is 0.750 bits per heavy atom. The molecule has 0 aliphatic rings. The van der Waals surface area contributed by atoms with Crippen LogP contribution < -0.4 is 0 Å². The van der Waals surface area contributed by atoms with Crippen molar-refractivity contribution in [2.24, 2.45) is 0 Å². The molecule has 3 rings (SSSR count). The van der Waals surface area contributed by atoms with Gasteiger partial charge in [-0.25, -0.2) is 4.89 Å². The first-order valence-corrected chi connectivity index (χ1v) is 8.21. The molecule has 0 spiro atoms. The predicted octanol–water partition coefficient (Wildman–Crippen LogP) is 5.61. The maximum atomic E-state index is 9.68. The Kier molecular flexibility index (Phi) is 5.09. The fourth-order valence-electron chi connectivity index (χ4n) is 3.19. The molecule has 0 amide bonds. The summed E-state index contributed by atoms with van der Waals surface area (Å²) < 4.78 is 0. The second-order valence-electron chi connectivity index (χ2n) is 6.27. The van der Waals surface area contributed by atoms with Gasteiger partial charge >= 0.3 is 0 Å². The van der Waals surface area contributed by atoms with Gasteiger partial charge in [0, 0.05) is 5.92 Å². The summed E-state index contributed by atoms with van der Waals surface area (Å²) in [6.45, 7) is 1.93. The minimum atomic E-state index is -0.780. The average molecular weight is 318 g/mol. The molecule has 0 aliphatic heterocycles. The summed E-state index contributed by atoms with van der Waals surface area (Å²) >= 11 is 0. The van der Waals surface area contributed by atoms with Gasteiger partial charge in [0.25, 0.3) is 0 Å². The van der Waals surface area contributed by atoms with E-state index in [0.717, 1.165) is 5.56 Å². The van der Waals surface area contributed by atoms with Crippen LogP contribution in [0, 0.1) is 0 Å². The molecule has 3 aromatic carbocycles. The molecule has 1 N–H and O–H groups in total. The molecule has 1 unspecified atom stereocenters. The summed E-state index contributed by atoms with van der Waals surface area (Å²) in [6, 6.07) is 30.6. The van der Waals surface area contributed by atoms with Crippen LogP contribution in [0.25, 0.3) is 0 Å². The highest BCUT2D eigenvalue weighted by molar-refractivity contribution is 5.34. The van der Waals surface area contributed by atoms with E-state index in [1.165, 1.54) is 11.1 Å². The van der Waals surface area contributed by atoms with Crippen LogP contribution in [0.4, 0.5) is 0 Å². The molecule has 0 bridgehead atoms. The van der Waals surface area contributed by atoms with Crippen molar-refractivity contribution in [2.75, 3.05) is 0 Å². The van der Waals surface area contributed by atoms with Gasteiger partial charge in [0.2, 0.25) is 0 Å². The number of rotatable bonds is 6. The average Bonchev–Trinajstić information content (AvgIpc) is 2.68. The quantitative estimate of drug-likeness (QED) is 0.472. The lowest BCUT2D eigenvalue weighted by molar-refractivity contribution is -0.326. The second kappa shape index (κ2) is 7.43. The Bertz CT molecular complexity index is 701. The molecule has 0 saturated carbocycles. The zero-order chi connectivity index (χ0) is 16.8. The van der Waals surface area contributed by atoms with E-state index in [9.17, 15) is 5.26 Å². The van der Waals surface area contributed by atoms with Crippen LogP contribution in [0.3, 0.4) is 0 Å². The van der Waals surface area contributed by atoms with Crippen LogP contribution in [-0.4, -0.2) is 5.26 Å². The van der Waals surface area contributed by atoms with Crippen molar-refractivity contribution in [2.45, 2.75) is 24.9 Å². The van der Waals surface area contributed by atoms with E-state index >= 15 is 0 Å². The second-order valence-corrected chi connectivity index (χ2v) is 6.27.